The summed E-state index contributed by atoms with van der Waals surface area (Å²) in [6, 6.07) is 8.84. The molecule has 1 aliphatic heterocycles. The van der Waals surface area contributed by atoms with Crippen LogP contribution in [-0.4, -0.2) is 29.9 Å². The number of nitrogens with two attached hydrogens (primary N) is 1. The number of amides is 1. The Bertz CT molecular complexity index is 503. The molecule has 0 spiro atoms. The molecular weight excluding hydrogens is 345 g/mol. The third-order valence-corrected chi connectivity index (χ3v) is 4.94. The highest BCUT2D eigenvalue weighted by Crippen LogP contribution is 2.24. The second-order valence-electron chi connectivity index (χ2n) is 6.79. The highest BCUT2D eigenvalue weighted by molar-refractivity contribution is 5.85. The molecule has 1 heterocycles. The Hall–Kier alpha value is -0.810. The van der Waals surface area contributed by atoms with E-state index in [1.54, 1.807) is 0 Å². The van der Waals surface area contributed by atoms with Gasteiger partial charge in [-0.2, -0.15) is 0 Å². The van der Waals surface area contributed by atoms with Gasteiger partial charge in [0.05, 0.1) is 0 Å². The molecule has 2 atom stereocenters. The first kappa shape index (κ1) is 21.2. The van der Waals surface area contributed by atoms with Crippen LogP contribution in [0.5, 0.6) is 0 Å². The van der Waals surface area contributed by atoms with Gasteiger partial charge in [0, 0.05) is 25.0 Å². The van der Waals surface area contributed by atoms with Crippen LogP contribution < -0.4 is 11.1 Å². The Kier molecular flexibility index (Phi) is 9.06. The van der Waals surface area contributed by atoms with Crippen molar-refractivity contribution in [3.05, 3.63) is 35.4 Å². The van der Waals surface area contributed by atoms with Crippen LogP contribution in [0.4, 0.5) is 0 Å². The summed E-state index contributed by atoms with van der Waals surface area (Å²) >= 11 is 0. The van der Waals surface area contributed by atoms with Crippen molar-refractivity contribution in [1.82, 2.24) is 10.2 Å². The molecule has 2 aliphatic rings. The van der Waals surface area contributed by atoms with Crippen molar-refractivity contribution in [1.29, 1.82) is 0 Å². The Morgan fingerprint density at radius 2 is 1.71 bits per heavy atom. The number of carbonyl (C=O) groups excluding carboxylic acids is 1. The quantitative estimate of drug-likeness (QED) is 0.833. The van der Waals surface area contributed by atoms with Crippen molar-refractivity contribution >= 4 is 30.7 Å². The maximum atomic E-state index is 12.1. The highest BCUT2D eigenvalue weighted by Gasteiger charge is 2.27. The van der Waals surface area contributed by atoms with Gasteiger partial charge >= 0.3 is 0 Å². The molecule has 3 N–H and O–H groups in total. The molecular formula is C18H29Cl2N3O. The van der Waals surface area contributed by atoms with Gasteiger partial charge in [0.2, 0.25) is 5.91 Å². The summed E-state index contributed by atoms with van der Waals surface area (Å²) in [6.45, 7) is 4.11. The van der Waals surface area contributed by atoms with Crippen LogP contribution in [0.2, 0.25) is 0 Å². The first-order valence-electron chi connectivity index (χ1n) is 8.54. The molecule has 136 valence electrons. The van der Waals surface area contributed by atoms with E-state index in [2.05, 4.69) is 34.5 Å². The van der Waals surface area contributed by atoms with E-state index in [0.29, 0.717) is 6.54 Å². The number of halogens is 2. The fraction of sp³-hybridized carbons (Fsp3) is 0.611. The Balaban J connectivity index is 0.00000144. The van der Waals surface area contributed by atoms with Gasteiger partial charge in [-0.15, -0.1) is 24.8 Å². The van der Waals surface area contributed by atoms with Crippen LogP contribution in [0.1, 0.15) is 43.2 Å². The summed E-state index contributed by atoms with van der Waals surface area (Å²) in [7, 11) is 0. The maximum Gasteiger partial charge on any atom is 0.223 e. The largest absolute Gasteiger partial charge is 0.352 e. The van der Waals surface area contributed by atoms with Crippen molar-refractivity contribution in [3.8, 4) is 0 Å². The van der Waals surface area contributed by atoms with E-state index in [9.17, 15) is 4.79 Å². The molecule has 1 aromatic carbocycles. The minimum Gasteiger partial charge on any atom is -0.352 e. The molecule has 1 saturated heterocycles. The second-order valence-corrected chi connectivity index (χ2v) is 6.79. The smallest absolute Gasteiger partial charge is 0.223 e. The Morgan fingerprint density at radius 1 is 1.08 bits per heavy atom. The van der Waals surface area contributed by atoms with Crippen LogP contribution in [0.3, 0.4) is 0 Å². The van der Waals surface area contributed by atoms with E-state index < -0.39 is 0 Å². The lowest BCUT2D eigenvalue weighted by molar-refractivity contribution is -0.125. The Labute approximate surface area is 157 Å². The topological polar surface area (TPSA) is 58.4 Å². The molecule has 1 amide bonds. The van der Waals surface area contributed by atoms with E-state index >= 15 is 0 Å². The number of likely N-dealkylation sites (tertiary alicyclic amines) is 1. The number of nitrogens with one attached hydrogen (secondary N) is 1. The van der Waals surface area contributed by atoms with E-state index in [1.807, 2.05) is 0 Å². The van der Waals surface area contributed by atoms with Gasteiger partial charge in [-0.25, -0.2) is 0 Å². The molecule has 2 fully saturated rings. The lowest BCUT2D eigenvalue weighted by Gasteiger charge is -2.15. The number of hydrogen-bond donors (Lipinski definition) is 2. The maximum absolute atomic E-state index is 12.1. The van der Waals surface area contributed by atoms with Crippen LogP contribution in [0.25, 0.3) is 0 Å². The third kappa shape index (κ3) is 5.92. The summed E-state index contributed by atoms with van der Waals surface area (Å²) < 4.78 is 0. The zero-order valence-electron chi connectivity index (χ0n) is 14.1. The van der Waals surface area contributed by atoms with Crippen LogP contribution >= 0.6 is 24.8 Å². The zero-order chi connectivity index (χ0) is 15.4. The van der Waals surface area contributed by atoms with E-state index in [0.717, 1.165) is 25.8 Å². The molecule has 2 unspecified atom stereocenters. The lowest BCUT2D eigenvalue weighted by Crippen LogP contribution is -2.30. The monoisotopic (exact) mass is 373 g/mol. The molecule has 1 aliphatic carbocycles. The second kappa shape index (κ2) is 10.2. The number of nitrogens with zero attached hydrogens (tertiary/aromatic N) is 1. The normalized spacial score (nSPS) is 23.4. The van der Waals surface area contributed by atoms with Gasteiger partial charge in [0.15, 0.2) is 0 Å². The van der Waals surface area contributed by atoms with Gasteiger partial charge in [-0.05, 0) is 56.3 Å². The van der Waals surface area contributed by atoms with Crippen LogP contribution in [-0.2, 0) is 17.9 Å². The van der Waals surface area contributed by atoms with Gasteiger partial charge in [-0.3, -0.25) is 9.69 Å². The van der Waals surface area contributed by atoms with Crippen molar-refractivity contribution in [2.75, 3.05) is 13.1 Å². The van der Waals surface area contributed by atoms with Crippen molar-refractivity contribution in [2.24, 2.45) is 11.7 Å². The molecule has 3 rings (SSSR count). The third-order valence-electron chi connectivity index (χ3n) is 4.94. The predicted molar refractivity (Wildman–Crippen MR) is 103 cm³/mol. The first-order valence-corrected chi connectivity index (χ1v) is 8.54. The molecule has 1 saturated carbocycles. The fourth-order valence-corrected chi connectivity index (χ4v) is 3.55. The van der Waals surface area contributed by atoms with Gasteiger partial charge in [-0.1, -0.05) is 24.3 Å². The van der Waals surface area contributed by atoms with Crippen LogP contribution in [0.15, 0.2) is 24.3 Å². The molecule has 6 heteroatoms. The summed E-state index contributed by atoms with van der Waals surface area (Å²) in [5, 5.41) is 3.05. The fourth-order valence-electron chi connectivity index (χ4n) is 3.55. The van der Waals surface area contributed by atoms with Gasteiger partial charge < -0.3 is 11.1 Å². The SMILES string of the molecule is Cl.Cl.NC1CCC(C(=O)NCc2ccc(CN3CCCC3)cc2)C1. The van der Waals surface area contributed by atoms with E-state index in [4.69, 9.17) is 5.73 Å². The van der Waals surface area contributed by atoms with Gasteiger partial charge in [0.1, 0.15) is 0 Å². The summed E-state index contributed by atoms with van der Waals surface area (Å²) in [4.78, 5) is 14.6. The number of benzene rings is 1. The molecule has 0 aromatic heterocycles. The molecule has 24 heavy (non-hydrogen) atoms. The molecule has 0 bridgehead atoms. The van der Waals surface area contributed by atoms with Crippen LogP contribution in [0, 0.1) is 5.92 Å². The van der Waals surface area contributed by atoms with Crippen molar-refractivity contribution in [3.63, 3.8) is 0 Å². The first-order chi connectivity index (χ1) is 10.7. The highest BCUT2D eigenvalue weighted by atomic mass is 35.5. The average molecular weight is 374 g/mol. The summed E-state index contributed by atoms with van der Waals surface area (Å²) in [6.07, 6.45) is 5.40. The summed E-state index contributed by atoms with van der Waals surface area (Å²) in [5.41, 5.74) is 8.40. The van der Waals surface area contributed by atoms with E-state index in [-0.39, 0.29) is 42.7 Å². The van der Waals surface area contributed by atoms with Crippen molar-refractivity contribution in [2.45, 2.75) is 51.2 Å². The number of hydrogen-bond acceptors (Lipinski definition) is 3. The molecule has 0 radical (unpaired) electrons. The Morgan fingerprint density at radius 3 is 2.29 bits per heavy atom. The lowest BCUT2D eigenvalue weighted by atomic mass is 10.1. The molecule has 1 aromatic rings. The van der Waals surface area contributed by atoms with Gasteiger partial charge in [0.25, 0.3) is 0 Å². The standard InChI is InChI=1S/C18H27N3O.2ClH/c19-17-8-7-16(11-17)18(22)20-12-14-3-5-15(6-4-14)13-21-9-1-2-10-21;;/h3-6,16-17H,1-2,7-13,19H2,(H,20,22);2*1H. The predicted octanol–water partition coefficient (Wildman–Crippen LogP) is 2.87. The minimum atomic E-state index is 0. The summed E-state index contributed by atoms with van der Waals surface area (Å²) in [5.74, 6) is 0.276. The number of rotatable bonds is 5. The van der Waals surface area contributed by atoms with E-state index in [1.165, 1.54) is 37.1 Å². The average Bonchev–Trinajstić information content (AvgIpc) is 3.18. The number of carbonyl (C=O) groups is 1. The molecule has 4 nitrogen and oxygen atoms in total. The minimum absolute atomic E-state index is 0. The van der Waals surface area contributed by atoms with Crippen molar-refractivity contribution < 1.29 is 4.79 Å². The zero-order valence-corrected chi connectivity index (χ0v) is 15.7.